The lowest BCUT2D eigenvalue weighted by atomic mass is 9.98. The fraction of sp³-hybridized carbons (Fsp3) is 0.500. The number of hydrogen-bond donors (Lipinski definition) is 1. The van der Waals surface area contributed by atoms with Crippen molar-refractivity contribution < 1.29 is 0 Å². The zero-order chi connectivity index (χ0) is 13.1. The maximum absolute atomic E-state index is 5.87. The normalized spacial score (nSPS) is 23.8. The second-order valence-electron chi connectivity index (χ2n) is 4.97. The third-order valence-electron chi connectivity index (χ3n) is 3.52. The first-order valence-electron chi connectivity index (χ1n) is 6.43. The SMILES string of the molecule is C[C@H]1CCC[C@H](C)N1C(=S)Nc1ccc(Cl)cc1. The van der Waals surface area contributed by atoms with Gasteiger partial charge in [-0.3, -0.25) is 0 Å². The summed E-state index contributed by atoms with van der Waals surface area (Å²) in [6.45, 7) is 4.48. The summed E-state index contributed by atoms with van der Waals surface area (Å²) in [4.78, 5) is 2.31. The predicted octanol–water partition coefficient (Wildman–Crippen LogP) is 4.30. The molecule has 0 saturated carbocycles. The van der Waals surface area contributed by atoms with Gasteiger partial charge in [-0.05, 0) is 69.6 Å². The van der Waals surface area contributed by atoms with E-state index in [1.54, 1.807) is 0 Å². The number of hydrogen-bond acceptors (Lipinski definition) is 1. The summed E-state index contributed by atoms with van der Waals surface area (Å²) in [7, 11) is 0. The van der Waals surface area contributed by atoms with Gasteiger partial charge >= 0.3 is 0 Å². The van der Waals surface area contributed by atoms with Crippen LogP contribution < -0.4 is 5.32 Å². The summed E-state index contributed by atoms with van der Waals surface area (Å²) in [6.07, 6.45) is 3.72. The highest BCUT2D eigenvalue weighted by Gasteiger charge is 2.26. The molecule has 0 unspecified atom stereocenters. The summed E-state index contributed by atoms with van der Waals surface area (Å²) in [6, 6.07) is 8.68. The van der Waals surface area contributed by atoms with Crippen molar-refractivity contribution in [2.24, 2.45) is 0 Å². The molecule has 4 heteroatoms. The van der Waals surface area contributed by atoms with Gasteiger partial charge in [0.25, 0.3) is 0 Å². The quantitative estimate of drug-likeness (QED) is 0.773. The minimum Gasteiger partial charge on any atom is -0.344 e. The van der Waals surface area contributed by atoms with Crippen LogP contribution in [0.2, 0.25) is 5.02 Å². The number of anilines is 1. The molecule has 98 valence electrons. The van der Waals surface area contributed by atoms with Crippen molar-refractivity contribution >= 4 is 34.6 Å². The molecule has 0 aliphatic carbocycles. The monoisotopic (exact) mass is 282 g/mol. The molecule has 1 aliphatic heterocycles. The van der Waals surface area contributed by atoms with Crippen molar-refractivity contribution in [3.8, 4) is 0 Å². The maximum Gasteiger partial charge on any atom is 0.173 e. The van der Waals surface area contributed by atoms with E-state index in [4.69, 9.17) is 23.8 Å². The molecule has 2 rings (SSSR count). The Kier molecular flexibility index (Phi) is 4.46. The summed E-state index contributed by atoms with van der Waals surface area (Å²) >= 11 is 11.4. The molecule has 2 nitrogen and oxygen atoms in total. The van der Waals surface area contributed by atoms with Crippen LogP contribution in [0.25, 0.3) is 0 Å². The van der Waals surface area contributed by atoms with Gasteiger partial charge in [-0.15, -0.1) is 0 Å². The minimum absolute atomic E-state index is 0.515. The Bertz CT molecular complexity index is 408. The molecule has 1 aromatic carbocycles. The molecule has 0 amide bonds. The first kappa shape index (κ1) is 13.6. The highest BCUT2D eigenvalue weighted by atomic mass is 35.5. The van der Waals surface area contributed by atoms with E-state index in [0.717, 1.165) is 15.8 Å². The molecule has 1 heterocycles. The third kappa shape index (κ3) is 3.15. The molecule has 1 aliphatic rings. The molecule has 0 bridgehead atoms. The van der Waals surface area contributed by atoms with Crippen molar-refractivity contribution in [1.82, 2.24) is 4.90 Å². The Morgan fingerprint density at radius 3 is 2.33 bits per heavy atom. The van der Waals surface area contributed by atoms with Crippen LogP contribution in [-0.4, -0.2) is 22.1 Å². The van der Waals surface area contributed by atoms with Gasteiger partial charge in [0.15, 0.2) is 5.11 Å². The van der Waals surface area contributed by atoms with Crippen LogP contribution in [0, 0.1) is 0 Å². The Labute approximate surface area is 119 Å². The first-order chi connectivity index (χ1) is 8.58. The highest BCUT2D eigenvalue weighted by molar-refractivity contribution is 7.80. The highest BCUT2D eigenvalue weighted by Crippen LogP contribution is 2.24. The van der Waals surface area contributed by atoms with E-state index in [2.05, 4.69) is 24.1 Å². The lowest BCUT2D eigenvalue weighted by molar-refractivity contribution is 0.194. The van der Waals surface area contributed by atoms with Crippen LogP contribution in [0.15, 0.2) is 24.3 Å². The number of likely N-dealkylation sites (tertiary alicyclic amines) is 1. The smallest absolute Gasteiger partial charge is 0.173 e. The number of benzene rings is 1. The molecule has 2 atom stereocenters. The Morgan fingerprint density at radius 1 is 1.22 bits per heavy atom. The van der Waals surface area contributed by atoms with E-state index in [0.29, 0.717) is 12.1 Å². The topological polar surface area (TPSA) is 15.3 Å². The van der Waals surface area contributed by atoms with Crippen LogP contribution >= 0.6 is 23.8 Å². The molecule has 1 fully saturated rings. The molecule has 0 radical (unpaired) electrons. The van der Waals surface area contributed by atoms with Crippen molar-refractivity contribution in [1.29, 1.82) is 0 Å². The largest absolute Gasteiger partial charge is 0.344 e. The second-order valence-corrected chi connectivity index (χ2v) is 5.80. The Balaban J connectivity index is 2.04. The summed E-state index contributed by atoms with van der Waals surface area (Å²) in [5.41, 5.74) is 0.995. The molecule has 1 aromatic rings. The Hall–Kier alpha value is -0.800. The van der Waals surface area contributed by atoms with E-state index in [-0.39, 0.29) is 0 Å². The summed E-state index contributed by atoms with van der Waals surface area (Å²) in [5.74, 6) is 0. The predicted molar refractivity (Wildman–Crippen MR) is 82.3 cm³/mol. The lowest BCUT2D eigenvalue weighted by Crippen LogP contribution is -2.49. The number of nitrogens with zero attached hydrogens (tertiary/aromatic N) is 1. The number of thiocarbonyl (C=S) groups is 1. The van der Waals surface area contributed by atoms with Crippen LogP contribution in [0.3, 0.4) is 0 Å². The molecular weight excluding hydrogens is 264 g/mol. The average Bonchev–Trinajstić information content (AvgIpc) is 2.32. The van der Waals surface area contributed by atoms with Gasteiger partial charge in [0, 0.05) is 22.8 Å². The minimum atomic E-state index is 0.515. The lowest BCUT2D eigenvalue weighted by Gasteiger charge is -2.40. The van der Waals surface area contributed by atoms with Gasteiger partial charge in [-0.25, -0.2) is 0 Å². The van der Waals surface area contributed by atoms with E-state index in [1.807, 2.05) is 24.3 Å². The average molecular weight is 283 g/mol. The number of halogens is 1. The number of piperidine rings is 1. The number of rotatable bonds is 1. The van der Waals surface area contributed by atoms with E-state index in [9.17, 15) is 0 Å². The van der Waals surface area contributed by atoms with Gasteiger partial charge in [0.2, 0.25) is 0 Å². The van der Waals surface area contributed by atoms with Gasteiger partial charge in [0.1, 0.15) is 0 Å². The van der Waals surface area contributed by atoms with Crippen molar-refractivity contribution in [2.75, 3.05) is 5.32 Å². The zero-order valence-electron chi connectivity index (χ0n) is 10.8. The van der Waals surface area contributed by atoms with Crippen LogP contribution in [0.5, 0.6) is 0 Å². The van der Waals surface area contributed by atoms with E-state index in [1.165, 1.54) is 19.3 Å². The Morgan fingerprint density at radius 2 is 1.78 bits per heavy atom. The van der Waals surface area contributed by atoms with Crippen LogP contribution in [0.4, 0.5) is 5.69 Å². The van der Waals surface area contributed by atoms with Gasteiger partial charge < -0.3 is 10.2 Å². The molecule has 0 aromatic heterocycles. The molecule has 0 spiro atoms. The van der Waals surface area contributed by atoms with E-state index < -0.39 is 0 Å². The van der Waals surface area contributed by atoms with Crippen molar-refractivity contribution in [3.05, 3.63) is 29.3 Å². The first-order valence-corrected chi connectivity index (χ1v) is 7.21. The third-order valence-corrected chi connectivity index (χ3v) is 4.09. The van der Waals surface area contributed by atoms with Crippen LogP contribution in [0.1, 0.15) is 33.1 Å². The fourth-order valence-electron chi connectivity index (χ4n) is 2.54. The van der Waals surface area contributed by atoms with Crippen LogP contribution in [-0.2, 0) is 0 Å². The molecule has 1 N–H and O–H groups in total. The fourth-order valence-corrected chi connectivity index (χ4v) is 3.15. The maximum atomic E-state index is 5.87. The van der Waals surface area contributed by atoms with Gasteiger partial charge in [-0.1, -0.05) is 11.6 Å². The van der Waals surface area contributed by atoms with Gasteiger partial charge in [-0.2, -0.15) is 0 Å². The van der Waals surface area contributed by atoms with Crippen molar-refractivity contribution in [2.45, 2.75) is 45.2 Å². The molecular formula is C14H19ClN2S. The van der Waals surface area contributed by atoms with Crippen molar-refractivity contribution in [3.63, 3.8) is 0 Å². The summed E-state index contributed by atoms with van der Waals surface area (Å²) in [5, 5.41) is 4.86. The van der Waals surface area contributed by atoms with Gasteiger partial charge in [0.05, 0.1) is 0 Å². The second kappa shape index (κ2) is 5.89. The molecule has 1 saturated heterocycles. The summed E-state index contributed by atoms with van der Waals surface area (Å²) < 4.78 is 0. The molecule has 18 heavy (non-hydrogen) atoms. The standard InChI is InChI=1S/C14H19ClN2S/c1-10-4-3-5-11(2)17(10)14(18)16-13-8-6-12(15)7-9-13/h6-11H,3-5H2,1-2H3,(H,16,18)/t10-,11-/m0/s1. The zero-order valence-corrected chi connectivity index (χ0v) is 12.4. The number of nitrogens with one attached hydrogen (secondary N) is 1. The van der Waals surface area contributed by atoms with E-state index >= 15 is 0 Å².